The molecule has 302 valence electrons. The first kappa shape index (κ1) is 43.8. The van der Waals surface area contributed by atoms with Gasteiger partial charge in [0.25, 0.3) is 23.6 Å². The highest BCUT2D eigenvalue weighted by Gasteiger charge is 2.37. The maximum atomic E-state index is 12.3. The number of halogens is 2. The van der Waals surface area contributed by atoms with Gasteiger partial charge in [-0.2, -0.15) is 0 Å². The van der Waals surface area contributed by atoms with E-state index in [-0.39, 0.29) is 26.4 Å². The summed E-state index contributed by atoms with van der Waals surface area (Å²) in [6, 6.07) is 17.0. The first-order valence-electron chi connectivity index (χ1n) is 17.8. The van der Waals surface area contributed by atoms with Crippen molar-refractivity contribution in [2.45, 2.75) is 0 Å². The second-order valence-electron chi connectivity index (χ2n) is 11.7. The highest BCUT2D eigenvalue weighted by atomic mass is 127. The predicted octanol–water partition coefficient (Wildman–Crippen LogP) is 4.21. The predicted molar refractivity (Wildman–Crippen MR) is 214 cm³/mol. The van der Waals surface area contributed by atoms with Gasteiger partial charge in [0.05, 0.1) is 122 Å². The van der Waals surface area contributed by atoms with Gasteiger partial charge in [-0.1, -0.05) is 24.3 Å². The highest BCUT2D eigenvalue weighted by molar-refractivity contribution is 14.1. The maximum Gasteiger partial charge on any atom is 0.285 e. The average molecular weight is 1000 g/mol. The Kier molecular flexibility index (Phi) is 18.6. The molecule has 0 bridgehead atoms. The Morgan fingerprint density at radius 2 is 0.625 bits per heavy atom. The van der Waals surface area contributed by atoms with Crippen LogP contribution in [0, 0.1) is 7.14 Å². The molecule has 0 saturated carbocycles. The van der Waals surface area contributed by atoms with Crippen molar-refractivity contribution in [1.82, 2.24) is 10.1 Å². The number of carbonyl (C=O) groups is 4. The Morgan fingerprint density at radius 1 is 0.375 bits per heavy atom. The summed E-state index contributed by atoms with van der Waals surface area (Å²) in [5.74, 6) is -0.422. The lowest BCUT2D eigenvalue weighted by molar-refractivity contribution is -0.108. The molecule has 18 heteroatoms. The first-order valence-corrected chi connectivity index (χ1v) is 19.9. The smallest absolute Gasteiger partial charge is 0.285 e. The van der Waals surface area contributed by atoms with Crippen molar-refractivity contribution in [2.75, 3.05) is 106 Å². The number of rotatable bonds is 28. The van der Waals surface area contributed by atoms with Crippen LogP contribution in [0.25, 0.3) is 0 Å². The Labute approximate surface area is 351 Å². The number of amides is 4. The monoisotopic (exact) mass is 1000 g/mol. The van der Waals surface area contributed by atoms with E-state index < -0.39 is 23.6 Å². The summed E-state index contributed by atoms with van der Waals surface area (Å²) in [5.41, 5.74) is 1.33. The van der Waals surface area contributed by atoms with E-state index in [4.69, 9.17) is 47.6 Å². The number of imide groups is 2. The van der Waals surface area contributed by atoms with Crippen molar-refractivity contribution in [3.8, 4) is 11.5 Å². The number of hydroxylamine groups is 4. The Morgan fingerprint density at radius 3 is 0.911 bits per heavy atom. The number of hydrogen-bond donors (Lipinski definition) is 0. The van der Waals surface area contributed by atoms with Gasteiger partial charge in [0.2, 0.25) is 0 Å². The molecule has 0 radical (unpaired) electrons. The van der Waals surface area contributed by atoms with Crippen LogP contribution in [0.15, 0.2) is 60.7 Å². The van der Waals surface area contributed by atoms with Crippen LogP contribution in [0.4, 0.5) is 0 Å². The molecule has 0 N–H and O–H groups in total. The molecule has 2 aliphatic heterocycles. The van der Waals surface area contributed by atoms with E-state index >= 15 is 0 Å². The molecule has 56 heavy (non-hydrogen) atoms. The van der Waals surface area contributed by atoms with E-state index in [2.05, 4.69) is 45.2 Å². The van der Waals surface area contributed by atoms with E-state index in [9.17, 15) is 19.2 Å². The molecule has 0 spiro atoms. The summed E-state index contributed by atoms with van der Waals surface area (Å²) in [7, 11) is 0. The lowest BCUT2D eigenvalue weighted by Crippen LogP contribution is -2.31. The molecule has 5 rings (SSSR count). The largest absolute Gasteiger partial charge is 0.490 e. The number of nitrogens with zero attached hydrogens (tertiary/aromatic N) is 2. The average Bonchev–Trinajstić information content (AvgIpc) is 3.59. The molecular formula is C38H42I2N2O14. The molecule has 4 amide bonds. The van der Waals surface area contributed by atoms with Crippen LogP contribution in [0.5, 0.6) is 11.5 Å². The zero-order valence-electron chi connectivity index (χ0n) is 30.5. The van der Waals surface area contributed by atoms with Crippen molar-refractivity contribution >= 4 is 68.8 Å². The van der Waals surface area contributed by atoms with E-state index in [0.29, 0.717) is 102 Å². The summed E-state index contributed by atoms with van der Waals surface area (Å²) in [6.07, 6.45) is 0. The molecule has 0 aliphatic carbocycles. The van der Waals surface area contributed by atoms with Crippen molar-refractivity contribution in [2.24, 2.45) is 0 Å². The van der Waals surface area contributed by atoms with E-state index in [1.54, 1.807) is 48.5 Å². The zero-order valence-corrected chi connectivity index (χ0v) is 34.8. The van der Waals surface area contributed by atoms with Gasteiger partial charge in [0, 0.05) is 0 Å². The minimum absolute atomic E-state index is 0.0578. The molecule has 0 unspecified atom stereocenters. The Hall–Kier alpha value is -3.32. The third kappa shape index (κ3) is 12.8. The Bertz CT molecular complexity index is 1580. The molecular weight excluding hydrogens is 962 g/mol. The van der Waals surface area contributed by atoms with Gasteiger partial charge >= 0.3 is 0 Å². The Balaban J connectivity index is 0.786. The molecule has 0 atom stereocenters. The van der Waals surface area contributed by atoms with Gasteiger partial charge in [-0.25, -0.2) is 0 Å². The fraction of sp³-hybridized carbons (Fsp3) is 0.421. The lowest BCUT2D eigenvalue weighted by Gasteiger charge is -2.14. The van der Waals surface area contributed by atoms with Crippen molar-refractivity contribution in [1.29, 1.82) is 0 Å². The molecule has 0 saturated heterocycles. The first-order chi connectivity index (χ1) is 27.4. The summed E-state index contributed by atoms with van der Waals surface area (Å²) in [4.78, 5) is 59.7. The topological polar surface area (TPSA) is 167 Å². The third-order valence-electron chi connectivity index (χ3n) is 7.85. The maximum absolute atomic E-state index is 12.3. The minimum atomic E-state index is -0.473. The van der Waals surface area contributed by atoms with Crippen molar-refractivity contribution < 1.29 is 66.7 Å². The van der Waals surface area contributed by atoms with Gasteiger partial charge in [-0.15, -0.1) is 10.1 Å². The van der Waals surface area contributed by atoms with Crippen LogP contribution < -0.4 is 9.47 Å². The van der Waals surface area contributed by atoms with Crippen LogP contribution in [-0.4, -0.2) is 139 Å². The third-order valence-corrected chi connectivity index (χ3v) is 9.54. The fourth-order valence-corrected chi connectivity index (χ4v) is 6.37. The number of carbonyl (C=O) groups excluding carboxylic acids is 4. The lowest BCUT2D eigenvalue weighted by atomic mass is 10.1. The highest BCUT2D eigenvalue weighted by Crippen LogP contribution is 2.31. The van der Waals surface area contributed by atoms with Crippen LogP contribution in [-0.2, 0) is 38.1 Å². The number of ether oxygens (including phenoxy) is 8. The van der Waals surface area contributed by atoms with Crippen LogP contribution in [0.1, 0.15) is 41.4 Å². The molecule has 0 fully saturated rings. The zero-order chi connectivity index (χ0) is 39.5. The molecule has 3 aromatic carbocycles. The second kappa shape index (κ2) is 23.8. The molecule has 2 aliphatic rings. The second-order valence-corrected chi connectivity index (χ2v) is 14.0. The van der Waals surface area contributed by atoms with Gasteiger partial charge < -0.3 is 37.9 Å². The molecule has 3 aromatic rings. The molecule has 0 aromatic heterocycles. The van der Waals surface area contributed by atoms with Gasteiger partial charge in [0.1, 0.15) is 24.7 Å². The SMILES string of the molecule is O=C1c2ccccc2C(=O)N1OCCOCCOCCOCCOc1cc(I)c(OCCOCCOCCOCCON2C(=O)c3ccccc3C2=O)cc1I. The number of hydrogen-bond acceptors (Lipinski definition) is 14. The summed E-state index contributed by atoms with van der Waals surface area (Å²) < 4.78 is 46.7. The summed E-state index contributed by atoms with van der Waals surface area (Å²) >= 11 is 4.40. The number of benzene rings is 3. The van der Waals surface area contributed by atoms with Gasteiger partial charge in [-0.3, -0.25) is 28.9 Å². The van der Waals surface area contributed by atoms with Crippen LogP contribution in [0.2, 0.25) is 0 Å². The molecule has 2 heterocycles. The van der Waals surface area contributed by atoms with Crippen LogP contribution >= 0.6 is 45.2 Å². The van der Waals surface area contributed by atoms with Crippen molar-refractivity contribution in [3.05, 3.63) is 90.1 Å². The minimum Gasteiger partial charge on any atom is -0.490 e. The van der Waals surface area contributed by atoms with Crippen molar-refractivity contribution in [3.63, 3.8) is 0 Å². The standard InChI is InChI=1S/C38H42I2N2O14/c39-31-26-34(54-22-18-50-14-10-48-12-16-52-20-24-56-42-37(45)29-7-3-4-8-30(29)38(42)46)32(40)25-33(31)53-21-17-49-13-9-47-11-15-51-19-23-55-41-35(43)27-5-1-2-6-28(27)36(41)44/h1-8,25-26H,9-24H2. The van der Waals surface area contributed by atoms with E-state index in [1.165, 1.54) is 0 Å². The fourth-order valence-electron chi connectivity index (χ4n) is 5.18. The normalized spacial score (nSPS) is 13.5. The number of fused-ring (bicyclic) bond motifs is 2. The summed E-state index contributed by atoms with van der Waals surface area (Å²) in [5, 5.41) is 1.54. The van der Waals surface area contributed by atoms with Gasteiger partial charge in [-0.05, 0) is 81.6 Å². The quantitative estimate of drug-likeness (QED) is 0.0577. The molecule has 16 nitrogen and oxygen atoms in total. The van der Waals surface area contributed by atoms with Gasteiger partial charge in [0.15, 0.2) is 0 Å². The van der Waals surface area contributed by atoms with E-state index in [1.807, 2.05) is 12.1 Å². The summed E-state index contributed by atoms with van der Waals surface area (Å²) in [6.45, 7) is 5.02. The van der Waals surface area contributed by atoms with Crippen LogP contribution in [0.3, 0.4) is 0 Å². The van der Waals surface area contributed by atoms with E-state index in [0.717, 1.165) is 28.8 Å².